The molecule has 1 unspecified atom stereocenters. The molecule has 0 aliphatic heterocycles. The lowest BCUT2D eigenvalue weighted by Gasteiger charge is -2.33. The van der Waals surface area contributed by atoms with Crippen LogP contribution in [-0.4, -0.2) is 11.2 Å². The minimum absolute atomic E-state index is 0.333. The van der Waals surface area contributed by atoms with Crippen molar-refractivity contribution < 1.29 is 5.11 Å². The van der Waals surface area contributed by atoms with E-state index in [1.807, 2.05) is 18.2 Å². The van der Waals surface area contributed by atoms with Crippen molar-refractivity contribution in [2.45, 2.75) is 52.1 Å². The third-order valence-corrected chi connectivity index (χ3v) is 5.49. The van der Waals surface area contributed by atoms with E-state index in [-0.39, 0.29) is 6.10 Å². The van der Waals surface area contributed by atoms with Gasteiger partial charge in [-0.05, 0) is 61.1 Å². The van der Waals surface area contributed by atoms with Gasteiger partial charge in [0.05, 0.1) is 6.10 Å². The van der Waals surface area contributed by atoms with E-state index in [2.05, 4.69) is 13.8 Å². The minimum atomic E-state index is -0.333. The number of aliphatic hydroxyl groups is 1. The van der Waals surface area contributed by atoms with Gasteiger partial charge in [-0.25, -0.2) is 0 Å². The van der Waals surface area contributed by atoms with E-state index >= 15 is 0 Å². The summed E-state index contributed by atoms with van der Waals surface area (Å²) in [6.45, 7) is 4.59. The zero-order chi connectivity index (χ0) is 14.7. The van der Waals surface area contributed by atoms with Crippen molar-refractivity contribution in [3.63, 3.8) is 0 Å². The third-order valence-electron chi connectivity index (χ3n) is 4.78. The van der Waals surface area contributed by atoms with Gasteiger partial charge < -0.3 is 5.11 Å². The van der Waals surface area contributed by atoms with Crippen LogP contribution in [0.2, 0.25) is 10.0 Å². The predicted molar refractivity (Wildman–Crippen MR) is 86.5 cm³/mol. The fraction of sp³-hybridized carbons (Fsp3) is 0.647. The number of benzene rings is 1. The fourth-order valence-corrected chi connectivity index (χ4v) is 3.85. The molecule has 1 aromatic carbocycles. The molecule has 1 nitrogen and oxygen atoms in total. The van der Waals surface area contributed by atoms with E-state index in [1.54, 1.807) is 0 Å². The summed E-state index contributed by atoms with van der Waals surface area (Å²) in [6.07, 6.45) is 4.93. The maximum atomic E-state index is 10.5. The van der Waals surface area contributed by atoms with Gasteiger partial charge in [0.2, 0.25) is 0 Å². The Morgan fingerprint density at radius 3 is 2.05 bits per heavy atom. The Morgan fingerprint density at radius 1 is 1.05 bits per heavy atom. The highest BCUT2D eigenvalue weighted by Gasteiger charge is 2.28. The smallest absolute Gasteiger partial charge is 0.0609 e. The third kappa shape index (κ3) is 3.90. The van der Waals surface area contributed by atoms with Crippen molar-refractivity contribution in [1.29, 1.82) is 0 Å². The lowest BCUT2D eigenvalue weighted by molar-refractivity contribution is 0.0675. The lowest BCUT2D eigenvalue weighted by Crippen LogP contribution is -2.29. The molecule has 0 radical (unpaired) electrons. The van der Waals surface area contributed by atoms with Crippen LogP contribution in [0.4, 0.5) is 0 Å². The van der Waals surface area contributed by atoms with Gasteiger partial charge in [-0.1, -0.05) is 43.1 Å². The van der Waals surface area contributed by atoms with Gasteiger partial charge in [-0.15, -0.1) is 0 Å². The van der Waals surface area contributed by atoms with Gasteiger partial charge in [-0.2, -0.15) is 0 Å². The predicted octanol–water partition coefficient (Wildman–Crippen LogP) is 5.36. The summed E-state index contributed by atoms with van der Waals surface area (Å²) in [5, 5.41) is 11.8. The Hall–Kier alpha value is -0.240. The minimum Gasteiger partial charge on any atom is -0.392 e. The first-order valence-electron chi connectivity index (χ1n) is 7.60. The molecule has 0 spiro atoms. The first-order chi connectivity index (χ1) is 9.49. The Morgan fingerprint density at radius 2 is 1.55 bits per heavy atom. The van der Waals surface area contributed by atoms with Gasteiger partial charge in [0, 0.05) is 16.5 Å². The summed E-state index contributed by atoms with van der Waals surface area (Å²) in [7, 11) is 0. The molecule has 1 aliphatic carbocycles. The average Bonchev–Trinajstić information content (AvgIpc) is 2.43. The number of hydrogen-bond donors (Lipinski definition) is 1. The normalized spacial score (nSPS) is 24.9. The Kier molecular flexibility index (Phi) is 5.77. The van der Waals surface area contributed by atoms with Crippen molar-refractivity contribution >= 4 is 23.2 Å². The first-order valence-corrected chi connectivity index (χ1v) is 8.35. The van der Waals surface area contributed by atoms with Crippen LogP contribution in [0.15, 0.2) is 18.2 Å². The second-order valence-corrected chi connectivity index (χ2v) is 7.20. The van der Waals surface area contributed by atoms with Crippen LogP contribution in [0.3, 0.4) is 0 Å². The topological polar surface area (TPSA) is 20.2 Å². The van der Waals surface area contributed by atoms with E-state index in [1.165, 1.54) is 12.8 Å². The Labute approximate surface area is 132 Å². The molecule has 1 N–H and O–H groups in total. The molecule has 0 bridgehead atoms. The average molecular weight is 315 g/mol. The van der Waals surface area contributed by atoms with Gasteiger partial charge in [0.1, 0.15) is 0 Å². The second kappa shape index (κ2) is 7.15. The Balaban J connectivity index is 1.94. The quantitative estimate of drug-likeness (QED) is 0.793. The largest absolute Gasteiger partial charge is 0.392 e. The Bertz CT molecular complexity index is 416. The summed E-state index contributed by atoms with van der Waals surface area (Å²) in [5.41, 5.74) is 0.884. The highest BCUT2D eigenvalue weighted by Crippen LogP contribution is 2.36. The van der Waals surface area contributed by atoms with Gasteiger partial charge in [-0.3, -0.25) is 0 Å². The monoisotopic (exact) mass is 314 g/mol. The molecule has 0 saturated heterocycles. The van der Waals surface area contributed by atoms with Gasteiger partial charge >= 0.3 is 0 Å². The highest BCUT2D eigenvalue weighted by atomic mass is 35.5. The number of aliphatic hydroxyl groups excluding tert-OH is 1. The summed E-state index contributed by atoms with van der Waals surface area (Å²) >= 11 is 12.4. The summed E-state index contributed by atoms with van der Waals surface area (Å²) in [6, 6.07) is 5.52. The van der Waals surface area contributed by atoms with E-state index in [0.717, 1.165) is 30.2 Å². The lowest BCUT2D eigenvalue weighted by atomic mass is 9.74. The molecule has 0 aromatic heterocycles. The summed E-state index contributed by atoms with van der Waals surface area (Å²) in [5.74, 6) is 1.96. The van der Waals surface area contributed by atoms with Crippen LogP contribution >= 0.6 is 23.2 Å². The van der Waals surface area contributed by atoms with Crippen LogP contribution in [0, 0.1) is 17.8 Å². The molecule has 1 saturated carbocycles. The zero-order valence-electron chi connectivity index (χ0n) is 12.3. The van der Waals surface area contributed by atoms with Crippen molar-refractivity contribution in [3.05, 3.63) is 33.8 Å². The molecule has 1 fully saturated rings. The summed E-state index contributed by atoms with van der Waals surface area (Å²) < 4.78 is 0. The molecule has 0 amide bonds. The van der Waals surface area contributed by atoms with Crippen LogP contribution in [0.25, 0.3) is 0 Å². The highest BCUT2D eigenvalue weighted by molar-refractivity contribution is 6.35. The number of halogens is 2. The molecule has 112 valence electrons. The molecule has 1 aromatic rings. The van der Waals surface area contributed by atoms with Crippen LogP contribution in [0.1, 0.15) is 45.1 Å². The number of hydrogen-bond acceptors (Lipinski definition) is 1. The standard InChI is InChI=1S/C17H24Cl2O/c1-11(2)12-6-8-13(9-7-12)17(20)10-14-15(18)4-3-5-16(14)19/h3-5,11-13,17,20H,6-10H2,1-2H3. The van der Waals surface area contributed by atoms with Gasteiger partial charge in [0.15, 0.2) is 0 Å². The molecule has 20 heavy (non-hydrogen) atoms. The van der Waals surface area contributed by atoms with Gasteiger partial charge in [0.25, 0.3) is 0 Å². The van der Waals surface area contributed by atoms with Crippen molar-refractivity contribution in [2.24, 2.45) is 17.8 Å². The zero-order valence-corrected chi connectivity index (χ0v) is 13.8. The van der Waals surface area contributed by atoms with Crippen LogP contribution in [0.5, 0.6) is 0 Å². The summed E-state index contributed by atoms with van der Waals surface area (Å²) in [4.78, 5) is 0. The van der Waals surface area contributed by atoms with E-state index < -0.39 is 0 Å². The first kappa shape index (κ1) is 16.1. The molecular weight excluding hydrogens is 291 g/mol. The van der Waals surface area contributed by atoms with Crippen LogP contribution < -0.4 is 0 Å². The molecule has 3 heteroatoms. The fourth-order valence-electron chi connectivity index (χ4n) is 3.30. The molecule has 0 heterocycles. The molecule has 2 rings (SSSR count). The molecule has 1 atom stereocenters. The van der Waals surface area contributed by atoms with Crippen molar-refractivity contribution in [1.82, 2.24) is 0 Å². The maximum Gasteiger partial charge on any atom is 0.0609 e. The van der Waals surface area contributed by atoms with Crippen molar-refractivity contribution in [2.75, 3.05) is 0 Å². The van der Waals surface area contributed by atoms with E-state index in [0.29, 0.717) is 22.4 Å². The van der Waals surface area contributed by atoms with E-state index in [4.69, 9.17) is 23.2 Å². The number of rotatable bonds is 4. The maximum absolute atomic E-state index is 10.5. The molecular formula is C17H24Cl2O. The van der Waals surface area contributed by atoms with E-state index in [9.17, 15) is 5.11 Å². The van der Waals surface area contributed by atoms with Crippen molar-refractivity contribution in [3.8, 4) is 0 Å². The second-order valence-electron chi connectivity index (χ2n) is 6.39. The molecule has 1 aliphatic rings. The SMILES string of the molecule is CC(C)C1CCC(C(O)Cc2c(Cl)cccc2Cl)CC1. The van der Waals surface area contributed by atoms with Crippen LogP contribution in [-0.2, 0) is 6.42 Å².